The molecule has 1 spiro atoms. The first-order valence-electron chi connectivity index (χ1n) is 10.7. The number of ether oxygens (including phenoxy) is 3. The number of hydrogen-bond acceptors (Lipinski definition) is 5. The number of aliphatic hydroxyl groups is 1. The molecule has 0 radical (unpaired) electrons. The van der Waals surface area contributed by atoms with Crippen LogP contribution in [-0.2, 0) is 9.53 Å². The number of benzene rings is 1. The summed E-state index contributed by atoms with van der Waals surface area (Å²) < 4.78 is 17.6. The molecule has 0 aromatic heterocycles. The Hall–Kier alpha value is -1.50. The Morgan fingerprint density at radius 2 is 2.10 bits per heavy atom. The molecule has 1 aromatic carbocycles. The third-order valence-electron chi connectivity index (χ3n) is 7.93. The quantitative estimate of drug-likeness (QED) is 0.709. The fraction of sp³-hybridized carbons (Fsp3) is 0.696. The summed E-state index contributed by atoms with van der Waals surface area (Å²) in [6.45, 7) is 5.01. The van der Waals surface area contributed by atoms with Crippen LogP contribution < -0.4 is 14.8 Å². The van der Waals surface area contributed by atoms with Crippen LogP contribution in [0, 0.1) is 22.7 Å². The summed E-state index contributed by atoms with van der Waals surface area (Å²) in [5, 5.41) is 13.1. The second kappa shape index (κ2) is 7.88. The minimum absolute atomic E-state index is 0.000382. The van der Waals surface area contributed by atoms with Gasteiger partial charge in [0.1, 0.15) is 0 Å². The van der Waals surface area contributed by atoms with E-state index in [0.717, 1.165) is 24.8 Å². The summed E-state index contributed by atoms with van der Waals surface area (Å²) in [5.41, 5.74) is 0.874. The minimum Gasteiger partial charge on any atom is -0.493 e. The van der Waals surface area contributed by atoms with Crippen molar-refractivity contribution in [2.75, 3.05) is 27.4 Å². The van der Waals surface area contributed by atoms with Gasteiger partial charge >= 0.3 is 0 Å². The van der Waals surface area contributed by atoms with Crippen molar-refractivity contribution in [2.45, 2.75) is 51.7 Å². The van der Waals surface area contributed by atoms with E-state index in [-0.39, 0.29) is 47.8 Å². The second-order valence-corrected chi connectivity index (χ2v) is 9.98. The Labute approximate surface area is 183 Å². The van der Waals surface area contributed by atoms with Crippen molar-refractivity contribution in [3.63, 3.8) is 0 Å². The average Bonchev–Trinajstić information content (AvgIpc) is 3.20. The highest BCUT2D eigenvalue weighted by atomic mass is 35.5. The van der Waals surface area contributed by atoms with Crippen molar-refractivity contribution in [1.82, 2.24) is 5.32 Å². The fourth-order valence-corrected chi connectivity index (χ4v) is 6.82. The van der Waals surface area contributed by atoms with Gasteiger partial charge in [-0.25, -0.2) is 0 Å². The lowest BCUT2D eigenvalue weighted by Gasteiger charge is -2.53. The molecule has 1 unspecified atom stereocenters. The molecule has 3 aliphatic rings. The van der Waals surface area contributed by atoms with Crippen LogP contribution in [0.1, 0.15) is 51.2 Å². The molecule has 2 bridgehead atoms. The van der Waals surface area contributed by atoms with Crippen LogP contribution in [0.2, 0.25) is 5.02 Å². The summed E-state index contributed by atoms with van der Waals surface area (Å²) in [7, 11) is 3.24. The number of carbonyl (C=O) groups excluding carboxylic acids is 1. The van der Waals surface area contributed by atoms with E-state index in [2.05, 4.69) is 19.2 Å². The Morgan fingerprint density at radius 3 is 2.77 bits per heavy atom. The van der Waals surface area contributed by atoms with Crippen LogP contribution in [-0.4, -0.2) is 44.5 Å². The minimum atomic E-state index is -0.167. The van der Waals surface area contributed by atoms with Gasteiger partial charge in [-0.2, -0.15) is 0 Å². The molecule has 1 heterocycles. The maximum absolute atomic E-state index is 12.5. The van der Waals surface area contributed by atoms with Gasteiger partial charge < -0.3 is 24.6 Å². The zero-order valence-corrected chi connectivity index (χ0v) is 18.9. The number of hydrogen-bond donors (Lipinski definition) is 2. The number of aliphatic hydroxyl groups excluding tert-OH is 1. The number of halogens is 1. The predicted molar refractivity (Wildman–Crippen MR) is 114 cm³/mol. The van der Waals surface area contributed by atoms with Gasteiger partial charge in [0, 0.05) is 35.7 Å². The number of carbonyl (C=O) groups is 1. The van der Waals surface area contributed by atoms with Crippen molar-refractivity contribution in [1.29, 1.82) is 0 Å². The van der Waals surface area contributed by atoms with Crippen molar-refractivity contribution in [3.05, 3.63) is 22.7 Å². The lowest BCUT2D eigenvalue weighted by Crippen LogP contribution is -2.59. The highest BCUT2D eigenvalue weighted by molar-refractivity contribution is 6.30. The molecule has 1 amide bonds. The molecule has 1 aliphatic heterocycles. The van der Waals surface area contributed by atoms with E-state index in [1.165, 1.54) is 0 Å². The Kier molecular flexibility index (Phi) is 5.71. The van der Waals surface area contributed by atoms with Gasteiger partial charge in [0.05, 0.1) is 26.9 Å². The van der Waals surface area contributed by atoms with Gasteiger partial charge in [-0.15, -0.1) is 0 Å². The molecule has 2 saturated carbocycles. The fourth-order valence-electron chi connectivity index (χ4n) is 6.60. The van der Waals surface area contributed by atoms with Gasteiger partial charge in [0.15, 0.2) is 11.5 Å². The monoisotopic (exact) mass is 437 g/mol. The topological polar surface area (TPSA) is 77.0 Å². The second-order valence-electron chi connectivity index (χ2n) is 9.54. The van der Waals surface area contributed by atoms with Crippen LogP contribution in [0.15, 0.2) is 12.1 Å². The van der Waals surface area contributed by atoms with Gasteiger partial charge in [-0.05, 0) is 48.0 Å². The van der Waals surface area contributed by atoms with Crippen LogP contribution in [0.25, 0.3) is 0 Å². The molecule has 2 aliphatic carbocycles. The van der Waals surface area contributed by atoms with E-state index in [4.69, 9.17) is 25.8 Å². The molecular weight excluding hydrogens is 406 g/mol. The summed E-state index contributed by atoms with van der Waals surface area (Å²) in [6, 6.07) is 3.72. The maximum Gasteiger partial charge on any atom is 0.222 e. The molecule has 6 nitrogen and oxygen atoms in total. The van der Waals surface area contributed by atoms with E-state index in [1.54, 1.807) is 20.3 Å². The Balaban J connectivity index is 1.73. The number of methoxy groups -OCH3 is 2. The van der Waals surface area contributed by atoms with E-state index in [1.807, 2.05) is 6.07 Å². The van der Waals surface area contributed by atoms with Crippen LogP contribution in [0.3, 0.4) is 0 Å². The molecule has 166 valence electrons. The molecule has 5 atom stereocenters. The van der Waals surface area contributed by atoms with Gasteiger partial charge in [-0.3, -0.25) is 4.79 Å². The molecule has 7 heteroatoms. The normalized spacial score (nSPS) is 33.8. The summed E-state index contributed by atoms with van der Waals surface area (Å²) in [6.07, 6.45) is 3.01. The molecular formula is C23H32ClNO5. The zero-order chi connectivity index (χ0) is 21.7. The number of amides is 1. The lowest BCUT2D eigenvalue weighted by molar-refractivity contribution is -0.138. The highest BCUT2D eigenvalue weighted by Crippen LogP contribution is 2.71. The SMILES string of the molecule is COc1cc(Cl)cc([C@H]2OCCC34C[C@@H](C[C@H]23)C(C)(C)[C@H]4NC(=O)CCO)c1OC. The zero-order valence-electron chi connectivity index (χ0n) is 18.2. The Bertz CT molecular complexity index is 828. The molecule has 30 heavy (non-hydrogen) atoms. The number of fused-ring (bicyclic) bond motifs is 1. The molecule has 1 saturated heterocycles. The highest BCUT2D eigenvalue weighted by Gasteiger charge is 2.68. The first-order chi connectivity index (χ1) is 14.3. The van der Waals surface area contributed by atoms with E-state index < -0.39 is 0 Å². The number of nitrogens with one attached hydrogen (secondary N) is 1. The Morgan fingerprint density at radius 1 is 1.33 bits per heavy atom. The first-order valence-corrected chi connectivity index (χ1v) is 11.1. The molecule has 2 N–H and O–H groups in total. The van der Waals surface area contributed by atoms with E-state index in [9.17, 15) is 9.90 Å². The predicted octanol–water partition coefficient (Wildman–Crippen LogP) is 3.74. The first kappa shape index (κ1) is 21.7. The third kappa shape index (κ3) is 3.19. The van der Waals surface area contributed by atoms with Crippen molar-refractivity contribution in [2.24, 2.45) is 22.7 Å². The molecule has 3 fully saturated rings. The van der Waals surface area contributed by atoms with Crippen LogP contribution in [0.4, 0.5) is 0 Å². The summed E-state index contributed by atoms with van der Waals surface area (Å²) in [5.74, 6) is 1.92. The molecule has 4 rings (SSSR count). The van der Waals surface area contributed by atoms with Crippen molar-refractivity contribution in [3.8, 4) is 11.5 Å². The average molecular weight is 438 g/mol. The smallest absolute Gasteiger partial charge is 0.222 e. The summed E-state index contributed by atoms with van der Waals surface area (Å²) in [4.78, 5) is 12.5. The van der Waals surface area contributed by atoms with Crippen LogP contribution in [0.5, 0.6) is 11.5 Å². The lowest BCUT2D eigenvalue weighted by atomic mass is 9.58. The van der Waals surface area contributed by atoms with Gasteiger partial charge in [0.25, 0.3) is 0 Å². The van der Waals surface area contributed by atoms with E-state index >= 15 is 0 Å². The van der Waals surface area contributed by atoms with Crippen molar-refractivity contribution < 1.29 is 24.1 Å². The van der Waals surface area contributed by atoms with Gasteiger partial charge in [0.2, 0.25) is 5.91 Å². The van der Waals surface area contributed by atoms with Gasteiger partial charge in [-0.1, -0.05) is 25.4 Å². The van der Waals surface area contributed by atoms with Crippen LogP contribution >= 0.6 is 11.6 Å². The summed E-state index contributed by atoms with van der Waals surface area (Å²) >= 11 is 6.40. The standard InChI is InChI=1S/C23H32ClNO5/c1-22(2)13-9-16-19(15-10-14(24)11-17(28-3)20(15)29-4)30-8-6-23(16,12-13)21(22)25-18(27)5-7-26/h10-11,13,16,19,21,26H,5-9,12H2,1-4H3,(H,25,27)/t13-,16-,19-,21-,23?/m1/s1. The maximum atomic E-state index is 12.5. The largest absolute Gasteiger partial charge is 0.493 e. The number of rotatable bonds is 6. The molecule has 1 aromatic rings. The van der Waals surface area contributed by atoms with Crippen molar-refractivity contribution >= 4 is 17.5 Å². The van der Waals surface area contributed by atoms with E-state index in [0.29, 0.717) is 29.0 Å². The third-order valence-corrected chi connectivity index (χ3v) is 8.15.